The molecule has 0 spiro atoms. The maximum Gasteiger partial charge on any atom is 0.264 e. The van der Waals surface area contributed by atoms with Crippen molar-refractivity contribution in [1.29, 1.82) is 0 Å². The van der Waals surface area contributed by atoms with Crippen molar-refractivity contribution in [2.24, 2.45) is 22.6 Å². The van der Waals surface area contributed by atoms with Gasteiger partial charge in [0.15, 0.2) is 18.9 Å². The number of primary amides is 1. The van der Waals surface area contributed by atoms with Gasteiger partial charge in [0.2, 0.25) is 11.7 Å². The highest BCUT2D eigenvalue weighted by Crippen LogP contribution is 2.36. The monoisotopic (exact) mass is 777 g/mol. The van der Waals surface area contributed by atoms with E-state index in [0.717, 1.165) is 11.1 Å². The molecule has 274 valence electrons. The number of carbonyl (C=O) groups excluding carboxylic acids is 4. The first kappa shape index (κ1) is 38.8. The van der Waals surface area contributed by atoms with Gasteiger partial charge in [-0.1, -0.05) is 105 Å². The summed E-state index contributed by atoms with van der Waals surface area (Å²) < 4.78 is 7.71. The molecule has 0 radical (unpaired) electrons. The fourth-order valence-electron chi connectivity index (χ4n) is 6.84. The number of aliphatic imine (C=N–C) groups is 1. The van der Waals surface area contributed by atoms with Crippen molar-refractivity contribution in [1.82, 2.24) is 9.80 Å². The van der Waals surface area contributed by atoms with Gasteiger partial charge >= 0.3 is 0 Å². The number of Topliss-reactive ketones (excluding diaryl/α,β-unsaturated/α-hetero) is 1. The summed E-state index contributed by atoms with van der Waals surface area (Å²) in [5.74, 6) is -3.93. The summed E-state index contributed by atoms with van der Waals surface area (Å²) in [5.41, 5.74) is 8.65. The summed E-state index contributed by atoms with van der Waals surface area (Å²) >= 11 is 0. The van der Waals surface area contributed by atoms with Crippen molar-refractivity contribution in [2.45, 2.75) is 58.3 Å². The lowest BCUT2D eigenvalue weighted by molar-refractivity contribution is -0.688. The van der Waals surface area contributed by atoms with Crippen LogP contribution in [0.25, 0.3) is 5.70 Å². The Morgan fingerprint density at radius 3 is 2.08 bits per heavy atom. The number of nitrogens with zero attached hydrogens (tertiary/aromatic N) is 4. The van der Waals surface area contributed by atoms with Crippen LogP contribution in [0.2, 0.25) is 0 Å². The number of pyridine rings is 1. The molecule has 2 aliphatic rings. The van der Waals surface area contributed by atoms with E-state index in [9.17, 15) is 14.4 Å². The minimum Gasteiger partial charge on any atom is -1.00 e. The van der Waals surface area contributed by atoms with Crippen LogP contribution >= 0.6 is 0 Å². The molecule has 3 amide bonds. The van der Waals surface area contributed by atoms with Gasteiger partial charge in [-0.25, -0.2) is 4.99 Å². The molecular weight excluding hydrogens is 734 g/mol. The van der Waals surface area contributed by atoms with Crippen LogP contribution in [0.5, 0.6) is 0 Å². The maximum atomic E-state index is 15.1. The molecule has 2 aliphatic heterocycles. The second-order valence-electron chi connectivity index (χ2n) is 14.3. The van der Waals surface area contributed by atoms with Crippen molar-refractivity contribution >= 4 is 35.1 Å². The number of ether oxygens (including phenoxy) is 1. The largest absolute Gasteiger partial charge is 1.00 e. The summed E-state index contributed by atoms with van der Waals surface area (Å²) in [6.07, 6.45) is 5.36. The van der Waals surface area contributed by atoms with Gasteiger partial charge in [-0.2, -0.15) is 4.57 Å². The maximum absolute atomic E-state index is 15.1. The molecule has 0 fully saturated rings. The number of aromatic nitrogens is 1. The Morgan fingerprint density at radius 2 is 1.51 bits per heavy atom. The molecule has 2 N–H and O–H groups in total. The van der Waals surface area contributed by atoms with E-state index in [1.807, 2.05) is 105 Å². The molecule has 1 aromatic heterocycles. The van der Waals surface area contributed by atoms with Crippen LogP contribution in [0, 0.1) is 11.8 Å². The van der Waals surface area contributed by atoms with Crippen LogP contribution in [-0.4, -0.2) is 63.4 Å². The molecule has 11 heteroatoms. The highest BCUT2D eigenvalue weighted by molar-refractivity contribution is 6.38. The Labute approximate surface area is 320 Å². The van der Waals surface area contributed by atoms with Gasteiger partial charge in [0.1, 0.15) is 24.3 Å². The first-order chi connectivity index (χ1) is 24.9. The van der Waals surface area contributed by atoms with E-state index in [0.29, 0.717) is 17.7 Å². The van der Waals surface area contributed by atoms with Crippen LogP contribution in [0.4, 0.5) is 0 Å². The normalized spacial score (nSPS) is 17.6. The summed E-state index contributed by atoms with van der Waals surface area (Å²) in [7, 11) is 0. The predicted molar refractivity (Wildman–Crippen MR) is 197 cm³/mol. The van der Waals surface area contributed by atoms with Crippen LogP contribution < -0.4 is 27.3 Å². The summed E-state index contributed by atoms with van der Waals surface area (Å²) in [6.45, 7) is 8.14. The number of hydrogen-bond donors (Lipinski definition) is 1. The molecule has 0 aliphatic carbocycles. The Balaban J connectivity index is 0.00000541. The third kappa shape index (κ3) is 8.63. The van der Waals surface area contributed by atoms with Crippen molar-refractivity contribution in [3.05, 3.63) is 144 Å². The minimum atomic E-state index is -1.44. The third-order valence-electron chi connectivity index (χ3n) is 9.32. The molecule has 3 atom stereocenters. The second kappa shape index (κ2) is 16.5. The summed E-state index contributed by atoms with van der Waals surface area (Å²) in [6, 6.07) is 29.3. The van der Waals surface area contributed by atoms with Gasteiger partial charge < -0.3 is 27.5 Å². The van der Waals surface area contributed by atoms with E-state index in [1.54, 1.807) is 48.8 Å². The summed E-state index contributed by atoms with van der Waals surface area (Å²) in [4.78, 5) is 65.1. The Bertz CT molecular complexity index is 2020. The predicted octanol–water partition coefficient (Wildman–Crippen LogP) is 1.82. The molecule has 10 nitrogen and oxygen atoms in total. The smallest absolute Gasteiger partial charge is 0.264 e. The van der Waals surface area contributed by atoms with Crippen molar-refractivity contribution < 1.29 is 45.5 Å². The van der Waals surface area contributed by atoms with E-state index in [-0.39, 0.29) is 53.4 Å². The first-order valence-electron chi connectivity index (χ1n) is 17.5. The number of ketones is 1. The molecule has 4 aromatic rings. The number of rotatable bonds is 12. The van der Waals surface area contributed by atoms with E-state index in [4.69, 9.17) is 10.5 Å². The lowest BCUT2D eigenvalue weighted by Crippen LogP contribution is -3.00. The molecule has 0 saturated carbocycles. The van der Waals surface area contributed by atoms with Gasteiger partial charge in [0.25, 0.3) is 17.7 Å². The minimum absolute atomic E-state index is 0. The van der Waals surface area contributed by atoms with Crippen molar-refractivity contribution in [3.8, 4) is 0 Å². The molecule has 2 unspecified atom stereocenters. The van der Waals surface area contributed by atoms with Crippen molar-refractivity contribution in [3.63, 3.8) is 0 Å². The Hall–Kier alpha value is -5.42. The van der Waals surface area contributed by atoms with Crippen molar-refractivity contribution in [2.75, 3.05) is 6.61 Å². The van der Waals surface area contributed by atoms with Gasteiger partial charge in [-0.3, -0.25) is 29.0 Å². The molecule has 6 rings (SSSR count). The highest BCUT2D eigenvalue weighted by Gasteiger charge is 2.50. The molecule has 0 bridgehead atoms. The first-order valence-corrected chi connectivity index (χ1v) is 17.5. The molecular formula is C42H44BrN5O5. The fraction of sp³-hybridized carbons (Fsp3) is 0.286. The number of benzene rings is 3. The third-order valence-corrected chi connectivity index (χ3v) is 9.32. The number of carbonyl (C=O) groups is 4. The number of amides is 3. The summed E-state index contributed by atoms with van der Waals surface area (Å²) in [5, 5.41) is 0. The fourth-order valence-corrected chi connectivity index (χ4v) is 6.84. The molecule has 3 aromatic carbocycles. The van der Waals surface area contributed by atoms with E-state index >= 15 is 4.79 Å². The van der Waals surface area contributed by atoms with E-state index in [2.05, 4.69) is 4.99 Å². The Morgan fingerprint density at radius 1 is 0.906 bits per heavy atom. The van der Waals surface area contributed by atoms with Gasteiger partial charge in [-0.05, 0) is 43.4 Å². The topological polar surface area (TPSA) is 126 Å². The zero-order valence-corrected chi connectivity index (χ0v) is 31.8. The molecule has 3 heterocycles. The van der Waals surface area contributed by atoms with E-state index in [1.165, 1.54) is 9.80 Å². The van der Waals surface area contributed by atoms with Gasteiger partial charge in [0.05, 0.1) is 17.2 Å². The lowest BCUT2D eigenvalue weighted by Gasteiger charge is -2.45. The van der Waals surface area contributed by atoms with Crippen LogP contribution in [0.1, 0.15) is 54.7 Å². The van der Waals surface area contributed by atoms with Gasteiger partial charge in [-0.15, -0.1) is 0 Å². The SMILES string of the molecule is CC(C)C1C(=O)N([C@H](C(N)=O)C(Cc2ccccc2)C(=O)C2=NC(C)(C)CO2)C(c2ccccc2)=CN1C(=O)c1ccc[n+](Cc2ccccc2)c1.[Br-]. The number of halogens is 1. The van der Waals surface area contributed by atoms with Gasteiger partial charge in [0, 0.05) is 17.8 Å². The van der Waals surface area contributed by atoms with Crippen LogP contribution in [-0.2, 0) is 32.1 Å². The van der Waals surface area contributed by atoms with E-state index < -0.39 is 41.1 Å². The number of hydrogen-bond acceptors (Lipinski definition) is 6. The lowest BCUT2D eigenvalue weighted by atomic mass is 9.84. The average Bonchev–Trinajstić information content (AvgIpc) is 3.51. The number of nitrogens with two attached hydrogens (primary N) is 1. The zero-order chi connectivity index (χ0) is 37.0. The average molecular weight is 779 g/mol. The molecule has 53 heavy (non-hydrogen) atoms. The van der Waals surface area contributed by atoms with Crippen LogP contribution in [0.3, 0.4) is 0 Å². The van der Waals surface area contributed by atoms with Crippen LogP contribution in [0.15, 0.2) is 127 Å². The highest BCUT2D eigenvalue weighted by atomic mass is 79.9. The Kier molecular flexibility index (Phi) is 12.1. The molecule has 0 saturated heterocycles. The second-order valence-corrected chi connectivity index (χ2v) is 14.3. The standard InChI is InChI=1S/C42H43N5O5.BrH/c1-28(2)35-41(51)47(36(38(43)49)33(23-29-15-8-5-9-16-29)37(48)39-44-42(3,4)27-52-39)34(31-19-12-7-13-20-31)26-46(35)40(50)32-21-14-22-45(25-32)24-30-17-10-6-11-18-30;/h5-22,25-26,28,33,35-36H,23-24,27H2,1-4H3,(H-,43,49);1H/t33?,35?,36-;/m0./s1. The quantitative estimate of drug-likeness (QED) is 0.220. The zero-order valence-electron chi connectivity index (χ0n) is 30.3.